The van der Waals surface area contributed by atoms with Gasteiger partial charge in [0.05, 0.1) is 17.5 Å². The molecule has 0 radical (unpaired) electrons. The molecule has 2 saturated heterocycles. The van der Waals surface area contributed by atoms with Crippen LogP contribution in [0.25, 0.3) is 5.69 Å². The van der Waals surface area contributed by atoms with Gasteiger partial charge in [-0.15, -0.1) is 5.10 Å². The Morgan fingerprint density at radius 1 is 1.00 bits per heavy atom. The van der Waals surface area contributed by atoms with E-state index in [-0.39, 0.29) is 17.9 Å². The molecule has 1 aromatic heterocycles. The van der Waals surface area contributed by atoms with Gasteiger partial charge in [0.1, 0.15) is 0 Å². The number of benzene rings is 1. The summed E-state index contributed by atoms with van der Waals surface area (Å²) < 4.78 is 1.63. The Morgan fingerprint density at radius 3 is 2.31 bits per heavy atom. The minimum Gasteiger partial charge on any atom is -0.391 e. The van der Waals surface area contributed by atoms with Crippen LogP contribution in [0, 0.1) is 6.92 Å². The average molecular weight is 461 g/mol. The first-order valence-corrected chi connectivity index (χ1v) is 11.4. The number of rotatable bonds is 3. The largest absolute Gasteiger partial charge is 0.391 e. The van der Waals surface area contributed by atoms with Crippen molar-refractivity contribution in [2.75, 3.05) is 39.3 Å². The molecule has 3 heterocycles. The second-order valence-electron chi connectivity index (χ2n) is 8.46. The molecule has 0 aliphatic carbocycles. The summed E-state index contributed by atoms with van der Waals surface area (Å²) in [4.78, 5) is 30.7. The number of aliphatic hydroxyl groups excluding tert-OH is 1. The first-order valence-electron chi connectivity index (χ1n) is 11.0. The van der Waals surface area contributed by atoms with Crippen molar-refractivity contribution in [2.45, 2.75) is 38.8 Å². The molecule has 0 unspecified atom stereocenters. The van der Waals surface area contributed by atoms with Crippen LogP contribution in [0.15, 0.2) is 24.3 Å². The third-order valence-corrected chi connectivity index (χ3v) is 6.77. The van der Waals surface area contributed by atoms with Crippen molar-refractivity contribution < 1.29 is 14.7 Å². The van der Waals surface area contributed by atoms with Gasteiger partial charge in [0.25, 0.3) is 5.91 Å². The Bertz CT molecular complexity index is 971. The van der Waals surface area contributed by atoms with Crippen LogP contribution in [0.5, 0.6) is 0 Å². The number of carbonyl (C=O) groups is 2. The fourth-order valence-electron chi connectivity index (χ4n) is 4.57. The fraction of sp³-hybridized carbons (Fsp3) is 0.545. The predicted octanol–water partition coefficient (Wildman–Crippen LogP) is 1.36. The second kappa shape index (κ2) is 9.56. The third kappa shape index (κ3) is 4.65. The molecule has 2 amide bonds. The number of hydrogen-bond acceptors (Lipinski definition) is 6. The zero-order valence-corrected chi connectivity index (χ0v) is 19.2. The Balaban J connectivity index is 1.43. The SMILES string of the molecule is CC(=O)N1CCN([C@H]2CCN(C(=O)c3nnn(-c4ccc(Cl)cc4)c3C)CC[C@@H]2O)CC1. The van der Waals surface area contributed by atoms with Crippen molar-refractivity contribution in [1.29, 1.82) is 0 Å². The first kappa shape index (κ1) is 22.7. The van der Waals surface area contributed by atoms with Crippen molar-refractivity contribution in [2.24, 2.45) is 0 Å². The van der Waals surface area contributed by atoms with Gasteiger partial charge in [-0.1, -0.05) is 16.8 Å². The molecule has 2 atom stereocenters. The van der Waals surface area contributed by atoms with Crippen LogP contribution >= 0.6 is 11.6 Å². The highest BCUT2D eigenvalue weighted by Crippen LogP contribution is 2.22. The van der Waals surface area contributed by atoms with E-state index in [1.54, 1.807) is 28.6 Å². The Hall–Kier alpha value is -2.49. The minimum absolute atomic E-state index is 0.0206. The monoisotopic (exact) mass is 460 g/mol. The molecule has 1 N–H and O–H groups in total. The quantitative estimate of drug-likeness (QED) is 0.743. The zero-order chi connectivity index (χ0) is 22.8. The highest BCUT2D eigenvalue weighted by molar-refractivity contribution is 6.30. The van der Waals surface area contributed by atoms with E-state index in [0.29, 0.717) is 55.4 Å². The van der Waals surface area contributed by atoms with E-state index in [0.717, 1.165) is 18.8 Å². The number of nitrogens with zero attached hydrogens (tertiary/aromatic N) is 6. The van der Waals surface area contributed by atoms with E-state index < -0.39 is 6.10 Å². The van der Waals surface area contributed by atoms with Gasteiger partial charge in [0.15, 0.2) is 5.69 Å². The summed E-state index contributed by atoms with van der Waals surface area (Å²) in [5.74, 6) is -0.0817. The molecule has 1 aromatic carbocycles. The van der Waals surface area contributed by atoms with Crippen molar-refractivity contribution >= 4 is 23.4 Å². The molecule has 2 fully saturated rings. The van der Waals surface area contributed by atoms with Crippen LogP contribution in [-0.4, -0.2) is 98.0 Å². The lowest BCUT2D eigenvalue weighted by Gasteiger charge is -2.40. The molecule has 9 nitrogen and oxygen atoms in total. The van der Waals surface area contributed by atoms with Crippen LogP contribution in [0.2, 0.25) is 5.02 Å². The van der Waals surface area contributed by atoms with E-state index in [4.69, 9.17) is 11.6 Å². The molecule has 0 saturated carbocycles. The Kier molecular flexibility index (Phi) is 6.78. The van der Waals surface area contributed by atoms with Crippen molar-refractivity contribution in [1.82, 2.24) is 29.7 Å². The van der Waals surface area contributed by atoms with E-state index >= 15 is 0 Å². The Labute approximate surface area is 192 Å². The molecular weight excluding hydrogens is 432 g/mol. The second-order valence-corrected chi connectivity index (χ2v) is 8.89. The van der Waals surface area contributed by atoms with Gasteiger partial charge in [0.2, 0.25) is 5.91 Å². The summed E-state index contributed by atoms with van der Waals surface area (Å²) in [6, 6.07) is 7.18. The topological polar surface area (TPSA) is 94.8 Å². The summed E-state index contributed by atoms with van der Waals surface area (Å²) in [6.45, 7) is 7.25. The number of hydrogen-bond donors (Lipinski definition) is 1. The Morgan fingerprint density at radius 2 is 1.66 bits per heavy atom. The summed E-state index contributed by atoms with van der Waals surface area (Å²) in [5.41, 5.74) is 1.77. The predicted molar refractivity (Wildman–Crippen MR) is 120 cm³/mol. The molecule has 2 aliphatic heterocycles. The summed E-state index contributed by atoms with van der Waals surface area (Å²) in [5, 5.41) is 19.7. The number of halogens is 1. The van der Waals surface area contributed by atoms with Crippen molar-refractivity contribution in [3.63, 3.8) is 0 Å². The molecule has 4 rings (SSSR count). The van der Waals surface area contributed by atoms with Gasteiger partial charge in [-0.2, -0.15) is 0 Å². The molecular formula is C22H29ClN6O3. The maximum Gasteiger partial charge on any atom is 0.276 e. The first-order chi connectivity index (χ1) is 15.3. The van der Waals surface area contributed by atoms with Crippen LogP contribution in [0.4, 0.5) is 0 Å². The van der Waals surface area contributed by atoms with Gasteiger partial charge in [-0.25, -0.2) is 4.68 Å². The number of aromatic nitrogens is 3. The van der Waals surface area contributed by atoms with Crippen LogP contribution < -0.4 is 0 Å². The van der Waals surface area contributed by atoms with Gasteiger partial charge in [-0.05, 0) is 44.0 Å². The average Bonchev–Trinajstić information content (AvgIpc) is 3.06. The lowest BCUT2D eigenvalue weighted by Crippen LogP contribution is -2.54. The van der Waals surface area contributed by atoms with Gasteiger partial charge in [-0.3, -0.25) is 14.5 Å². The lowest BCUT2D eigenvalue weighted by molar-refractivity contribution is -0.131. The molecule has 2 aliphatic rings. The summed E-state index contributed by atoms with van der Waals surface area (Å²) >= 11 is 5.96. The molecule has 32 heavy (non-hydrogen) atoms. The highest BCUT2D eigenvalue weighted by Gasteiger charge is 2.34. The molecule has 0 spiro atoms. The minimum atomic E-state index is -0.512. The summed E-state index contributed by atoms with van der Waals surface area (Å²) in [6.07, 6.45) is 0.674. The number of carbonyl (C=O) groups excluding carboxylic acids is 2. The third-order valence-electron chi connectivity index (χ3n) is 6.52. The van der Waals surface area contributed by atoms with E-state index in [2.05, 4.69) is 15.2 Å². The maximum absolute atomic E-state index is 13.2. The number of piperazine rings is 1. The van der Waals surface area contributed by atoms with E-state index in [1.165, 1.54) is 0 Å². The molecule has 0 bridgehead atoms. The summed E-state index contributed by atoms with van der Waals surface area (Å²) in [7, 11) is 0. The number of likely N-dealkylation sites (tertiary alicyclic amines) is 1. The maximum atomic E-state index is 13.2. The fourth-order valence-corrected chi connectivity index (χ4v) is 4.70. The van der Waals surface area contributed by atoms with E-state index in [9.17, 15) is 14.7 Å². The van der Waals surface area contributed by atoms with Crippen LogP contribution in [0.3, 0.4) is 0 Å². The zero-order valence-electron chi connectivity index (χ0n) is 18.4. The van der Waals surface area contributed by atoms with Crippen molar-refractivity contribution in [3.8, 4) is 5.69 Å². The number of amides is 2. The molecule has 10 heteroatoms. The van der Waals surface area contributed by atoms with Crippen molar-refractivity contribution in [3.05, 3.63) is 40.7 Å². The molecule has 172 valence electrons. The smallest absolute Gasteiger partial charge is 0.276 e. The van der Waals surface area contributed by atoms with Gasteiger partial charge >= 0.3 is 0 Å². The standard InChI is InChI=1S/C22H29ClN6O3/c1-15-21(24-25-29(15)18-5-3-17(23)4-6-18)22(32)28-9-7-19(20(31)8-10-28)27-13-11-26(12-14-27)16(2)30/h3-6,19-20,31H,7-14H2,1-2H3/t19-,20-/m0/s1. The van der Waals surface area contributed by atoms with E-state index in [1.807, 2.05) is 24.0 Å². The highest BCUT2D eigenvalue weighted by atomic mass is 35.5. The molecule has 2 aromatic rings. The van der Waals surface area contributed by atoms with Crippen LogP contribution in [0.1, 0.15) is 35.9 Å². The lowest BCUT2D eigenvalue weighted by atomic mass is 10.0. The normalized spacial score (nSPS) is 22.6. The van der Waals surface area contributed by atoms with Gasteiger partial charge in [0, 0.05) is 57.3 Å². The number of aliphatic hydroxyl groups is 1. The van der Waals surface area contributed by atoms with Crippen LogP contribution in [-0.2, 0) is 4.79 Å². The van der Waals surface area contributed by atoms with Gasteiger partial charge < -0.3 is 14.9 Å².